The molecule has 5 nitrogen and oxygen atoms in total. The first-order valence-electron chi connectivity index (χ1n) is 9.14. The first-order valence-corrected chi connectivity index (χ1v) is 9.14. The van der Waals surface area contributed by atoms with Gasteiger partial charge in [0.1, 0.15) is 6.04 Å². The summed E-state index contributed by atoms with van der Waals surface area (Å²) in [6.07, 6.45) is 5.44. The summed E-state index contributed by atoms with van der Waals surface area (Å²) >= 11 is 0. The Morgan fingerprint density at radius 2 is 1.83 bits per heavy atom. The van der Waals surface area contributed by atoms with Gasteiger partial charge in [-0.2, -0.15) is 0 Å². The SMILES string of the molecule is CCN(CC)C(=O)C(C)Nc1ccc2c(c1)OC1(CCCCC1)O2. The fourth-order valence-corrected chi connectivity index (χ4v) is 3.60. The highest BCUT2D eigenvalue weighted by Gasteiger charge is 2.42. The number of carbonyl (C=O) groups excluding carboxylic acids is 1. The molecule has 1 N–H and O–H groups in total. The molecule has 1 heterocycles. The van der Waals surface area contributed by atoms with Crippen LogP contribution >= 0.6 is 0 Å². The van der Waals surface area contributed by atoms with Crippen molar-refractivity contribution < 1.29 is 14.3 Å². The molecule has 1 fully saturated rings. The van der Waals surface area contributed by atoms with Gasteiger partial charge in [-0.15, -0.1) is 0 Å². The molecule has 1 aromatic rings. The largest absolute Gasteiger partial charge is 0.448 e. The maximum Gasteiger partial charge on any atom is 0.251 e. The van der Waals surface area contributed by atoms with Gasteiger partial charge in [-0.05, 0) is 45.7 Å². The van der Waals surface area contributed by atoms with E-state index >= 15 is 0 Å². The molecule has 1 saturated carbocycles. The van der Waals surface area contributed by atoms with Crippen molar-refractivity contribution in [3.8, 4) is 11.5 Å². The summed E-state index contributed by atoms with van der Waals surface area (Å²) in [6, 6.07) is 5.57. The fraction of sp³-hybridized carbons (Fsp3) is 0.632. The summed E-state index contributed by atoms with van der Waals surface area (Å²) in [4.78, 5) is 14.2. The molecule has 1 atom stereocenters. The molecule has 1 aliphatic heterocycles. The van der Waals surface area contributed by atoms with E-state index in [1.807, 2.05) is 43.9 Å². The number of nitrogens with zero attached hydrogens (tertiary/aromatic N) is 1. The van der Waals surface area contributed by atoms with Gasteiger partial charge in [0, 0.05) is 37.7 Å². The van der Waals surface area contributed by atoms with Crippen molar-refractivity contribution in [1.29, 1.82) is 0 Å². The molecule has 0 radical (unpaired) electrons. The highest BCUT2D eigenvalue weighted by atomic mass is 16.7. The van der Waals surface area contributed by atoms with E-state index in [0.717, 1.165) is 56.0 Å². The number of fused-ring (bicyclic) bond motifs is 1. The lowest BCUT2D eigenvalue weighted by Gasteiger charge is -2.31. The Morgan fingerprint density at radius 3 is 2.50 bits per heavy atom. The third kappa shape index (κ3) is 3.30. The van der Waals surface area contributed by atoms with Gasteiger partial charge in [0.2, 0.25) is 5.91 Å². The van der Waals surface area contributed by atoms with E-state index in [9.17, 15) is 4.79 Å². The zero-order valence-electron chi connectivity index (χ0n) is 14.9. The first-order chi connectivity index (χ1) is 11.6. The predicted octanol–water partition coefficient (Wildman–Crippen LogP) is 3.79. The van der Waals surface area contributed by atoms with Crippen molar-refractivity contribution in [2.45, 2.75) is 64.7 Å². The molecule has 1 spiro atoms. The van der Waals surface area contributed by atoms with E-state index in [-0.39, 0.29) is 11.9 Å². The minimum atomic E-state index is -0.456. The molecule has 0 bridgehead atoms. The van der Waals surface area contributed by atoms with Gasteiger partial charge in [0.05, 0.1) is 0 Å². The van der Waals surface area contributed by atoms with Crippen molar-refractivity contribution >= 4 is 11.6 Å². The second-order valence-electron chi connectivity index (χ2n) is 6.71. The smallest absolute Gasteiger partial charge is 0.251 e. The van der Waals surface area contributed by atoms with E-state index in [1.54, 1.807) is 0 Å². The van der Waals surface area contributed by atoms with Gasteiger partial charge in [-0.3, -0.25) is 4.79 Å². The summed E-state index contributed by atoms with van der Waals surface area (Å²) in [5.41, 5.74) is 0.887. The molecular weight excluding hydrogens is 304 g/mol. The summed E-state index contributed by atoms with van der Waals surface area (Å²) < 4.78 is 12.2. The standard InChI is InChI=1S/C19H28N2O3/c1-4-21(5-2)18(22)14(3)20-15-9-10-16-17(13-15)24-19(23-16)11-7-6-8-12-19/h9-10,13-14,20H,4-8,11-12H2,1-3H3. The zero-order chi connectivity index (χ0) is 17.2. The van der Waals surface area contributed by atoms with E-state index in [4.69, 9.17) is 9.47 Å². The summed E-state index contributed by atoms with van der Waals surface area (Å²) in [7, 11) is 0. The number of benzene rings is 1. The average Bonchev–Trinajstić information content (AvgIpc) is 2.93. The van der Waals surface area contributed by atoms with Crippen LogP contribution in [0.15, 0.2) is 18.2 Å². The van der Waals surface area contributed by atoms with Gasteiger partial charge in [-0.1, -0.05) is 6.42 Å². The Balaban J connectivity index is 1.68. The van der Waals surface area contributed by atoms with Crippen LogP contribution in [0.5, 0.6) is 11.5 Å². The Kier molecular flexibility index (Phi) is 4.88. The third-order valence-electron chi connectivity index (χ3n) is 4.98. The molecule has 0 aromatic heterocycles. The van der Waals surface area contributed by atoms with E-state index in [0.29, 0.717) is 0 Å². The van der Waals surface area contributed by atoms with Crippen molar-refractivity contribution in [1.82, 2.24) is 4.90 Å². The zero-order valence-corrected chi connectivity index (χ0v) is 14.9. The molecule has 1 aromatic carbocycles. The van der Waals surface area contributed by atoms with Crippen molar-refractivity contribution in [2.75, 3.05) is 18.4 Å². The predicted molar refractivity (Wildman–Crippen MR) is 94.5 cm³/mol. The molecule has 132 valence electrons. The van der Waals surface area contributed by atoms with Crippen molar-refractivity contribution in [3.05, 3.63) is 18.2 Å². The molecule has 1 unspecified atom stereocenters. The first kappa shape index (κ1) is 16.9. The molecule has 1 aliphatic carbocycles. The van der Waals surface area contributed by atoms with E-state index in [2.05, 4.69) is 5.32 Å². The highest BCUT2D eigenvalue weighted by Crippen LogP contribution is 2.46. The molecule has 1 amide bonds. The molecule has 0 saturated heterocycles. The fourth-order valence-electron chi connectivity index (χ4n) is 3.60. The molecule has 5 heteroatoms. The van der Waals surface area contributed by atoms with E-state index in [1.165, 1.54) is 6.42 Å². The van der Waals surface area contributed by atoms with Crippen LogP contribution in [0.3, 0.4) is 0 Å². The van der Waals surface area contributed by atoms with Crippen LogP contribution in [0.1, 0.15) is 52.9 Å². The number of nitrogens with one attached hydrogen (secondary N) is 1. The average molecular weight is 332 g/mol. The van der Waals surface area contributed by atoms with Gasteiger partial charge >= 0.3 is 0 Å². The van der Waals surface area contributed by atoms with Gasteiger partial charge in [-0.25, -0.2) is 0 Å². The van der Waals surface area contributed by atoms with Crippen LogP contribution in [0, 0.1) is 0 Å². The summed E-state index contributed by atoms with van der Waals surface area (Å²) in [5, 5.41) is 3.29. The molecule has 3 rings (SSSR count). The van der Waals surface area contributed by atoms with Crippen LogP contribution in [0.2, 0.25) is 0 Å². The highest BCUT2D eigenvalue weighted by molar-refractivity contribution is 5.84. The number of carbonyl (C=O) groups is 1. The van der Waals surface area contributed by atoms with Crippen LogP contribution in [-0.2, 0) is 4.79 Å². The molecule has 24 heavy (non-hydrogen) atoms. The van der Waals surface area contributed by atoms with Gasteiger partial charge < -0.3 is 19.7 Å². The Bertz CT molecular complexity index is 592. The van der Waals surface area contributed by atoms with Crippen LogP contribution in [0.25, 0.3) is 0 Å². The molecular formula is C19H28N2O3. The second kappa shape index (κ2) is 6.91. The van der Waals surface area contributed by atoms with Gasteiger partial charge in [0.25, 0.3) is 5.79 Å². The quantitative estimate of drug-likeness (QED) is 0.891. The number of likely N-dealkylation sites (N-methyl/N-ethyl adjacent to an activating group) is 1. The topological polar surface area (TPSA) is 50.8 Å². The lowest BCUT2D eigenvalue weighted by molar-refractivity contribution is -0.131. The number of rotatable bonds is 5. The van der Waals surface area contributed by atoms with Crippen molar-refractivity contribution in [2.24, 2.45) is 0 Å². The lowest BCUT2D eigenvalue weighted by atomic mass is 9.94. The summed E-state index contributed by atoms with van der Waals surface area (Å²) in [6.45, 7) is 7.35. The number of ether oxygens (including phenoxy) is 2. The number of hydrogen-bond donors (Lipinski definition) is 1. The Morgan fingerprint density at radius 1 is 1.17 bits per heavy atom. The maximum absolute atomic E-state index is 12.4. The summed E-state index contributed by atoms with van der Waals surface area (Å²) in [5.74, 6) is 1.25. The minimum absolute atomic E-state index is 0.112. The Hall–Kier alpha value is -1.91. The second-order valence-corrected chi connectivity index (χ2v) is 6.71. The lowest BCUT2D eigenvalue weighted by Crippen LogP contribution is -2.41. The van der Waals surface area contributed by atoms with Gasteiger partial charge in [0.15, 0.2) is 11.5 Å². The molecule has 2 aliphatic rings. The Labute approximate surface area is 144 Å². The van der Waals surface area contributed by atoms with Crippen LogP contribution < -0.4 is 14.8 Å². The maximum atomic E-state index is 12.4. The van der Waals surface area contributed by atoms with Crippen LogP contribution in [0.4, 0.5) is 5.69 Å². The minimum Gasteiger partial charge on any atom is -0.448 e. The monoisotopic (exact) mass is 332 g/mol. The van der Waals surface area contributed by atoms with Crippen LogP contribution in [-0.4, -0.2) is 35.7 Å². The number of hydrogen-bond acceptors (Lipinski definition) is 4. The normalized spacial score (nSPS) is 19.1. The third-order valence-corrected chi connectivity index (χ3v) is 4.98. The number of anilines is 1. The van der Waals surface area contributed by atoms with E-state index < -0.39 is 5.79 Å². The number of amides is 1. The van der Waals surface area contributed by atoms with Crippen molar-refractivity contribution in [3.63, 3.8) is 0 Å².